The van der Waals surface area contributed by atoms with Gasteiger partial charge < -0.3 is 20.8 Å². The van der Waals surface area contributed by atoms with Gasteiger partial charge in [0.15, 0.2) is 0 Å². The van der Waals surface area contributed by atoms with Crippen molar-refractivity contribution >= 4 is 22.5 Å². The van der Waals surface area contributed by atoms with E-state index in [1.807, 2.05) is 18.2 Å². The van der Waals surface area contributed by atoms with Crippen molar-refractivity contribution in [3.05, 3.63) is 30.0 Å². The lowest BCUT2D eigenvalue weighted by atomic mass is 10.0. The number of fused-ring (bicyclic) bond motifs is 1. The van der Waals surface area contributed by atoms with Gasteiger partial charge in [0.05, 0.1) is 5.56 Å². The molecule has 21 heavy (non-hydrogen) atoms. The van der Waals surface area contributed by atoms with Crippen LogP contribution in [0.4, 0.5) is 5.69 Å². The molecule has 1 aliphatic rings. The smallest absolute Gasteiger partial charge is 0.253 e. The fraction of sp³-hybridized carbons (Fsp3) is 0.438. The molecule has 4 N–H and O–H groups in total. The normalized spacial score (nSPS) is 16.0. The van der Waals surface area contributed by atoms with Gasteiger partial charge in [0.2, 0.25) is 0 Å². The average molecular weight is 287 g/mol. The van der Waals surface area contributed by atoms with Crippen molar-refractivity contribution in [2.24, 2.45) is 5.41 Å². The first-order chi connectivity index (χ1) is 10.1. The number of carbonyl (C=O) groups excluding carboxylic acids is 1. The van der Waals surface area contributed by atoms with E-state index in [2.05, 4.69) is 10.3 Å². The lowest BCUT2D eigenvalue weighted by Gasteiger charge is -2.15. The van der Waals surface area contributed by atoms with Crippen molar-refractivity contribution in [1.82, 2.24) is 10.3 Å². The number of methoxy groups -OCH3 is 1. The van der Waals surface area contributed by atoms with E-state index in [1.54, 1.807) is 13.3 Å². The second-order valence-corrected chi connectivity index (χ2v) is 5.93. The summed E-state index contributed by atoms with van der Waals surface area (Å²) in [5, 5.41) is 3.96. The van der Waals surface area contributed by atoms with Gasteiger partial charge in [0, 0.05) is 43.0 Å². The fourth-order valence-corrected chi connectivity index (χ4v) is 2.71. The Morgan fingerprint density at radius 1 is 1.48 bits per heavy atom. The molecule has 3 rings (SSSR count). The summed E-state index contributed by atoms with van der Waals surface area (Å²) in [4.78, 5) is 15.5. The summed E-state index contributed by atoms with van der Waals surface area (Å²) in [6.45, 7) is 1.47. The van der Waals surface area contributed by atoms with Crippen LogP contribution in [0.3, 0.4) is 0 Å². The Bertz CT molecular complexity index is 659. The molecule has 0 radical (unpaired) electrons. The van der Waals surface area contributed by atoms with Gasteiger partial charge in [-0.2, -0.15) is 0 Å². The lowest BCUT2D eigenvalue weighted by Crippen LogP contribution is -2.30. The molecule has 0 spiro atoms. The van der Waals surface area contributed by atoms with Crippen LogP contribution in [0.25, 0.3) is 10.9 Å². The zero-order chi connectivity index (χ0) is 14.9. The largest absolute Gasteiger partial charge is 0.399 e. The molecule has 1 aliphatic carbocycles. The molecule has 1 aromatic carbocycles. The topological polar surface area (TPSA) is 80.1 Å². The molecule has 1 heterocycles. The SMILES string of the molecule is COCCC1(CNC(=O)c2c[nH]c3cc(N)ccc23)CC1. The maximum absolute atomic E-state index is 12.4. The number of ether oxygens (including phenoxy) is 1. The minimum atomic E-state index is -0.0327. The van der Waals surface area contributed by atoms with Gasteiger partial charge in [0.25, 0.3) is 5.91 Å². The lowest BCUT2D eigenvalue weighted by molar-refractivity contribution is 0.0939. The molecular weight excluding hydrogens is 266 g/mol. The van der Waals surface area contributed by atoms with Crippen molar-refractivity contribution in [2.45, 2.75) is 19.3 Å². The molecule has 0 bridgehead atoms. The second kappa shape index (κ2) is 5.41. The standard InChI is InChI=1S/C16H21N3O2/c1-21-7-6-16(4-5-16)10-19-15(20)13-9-18-14-8-11(17)2-3-12(13)14/h2-3,8-9,18H,4-7,10,17H2,1H3,(H,19,20). The summed E-state index contributed by atoms with van der Waals surface area (Å²) in [6.07, 6.45) is 5.09. The van der Waals surface area contributed by atoms with Crippen molar-refractivity contribution in [2.75, 3.05) is 26.0 Å². The number of nitrogens with one attached hydrogen (secondary N) is 2. The number of carbonyl (C=O) groups is 1. The van der Waals surface area contributed by atoms with Crippen LogP contribution in [-0.4, -0.2) is 31.2 Å². The number of nitrogens with two attached hydrogens (primary N) is 1. The quantitative estimate of drug-likeness (QED) is 0.713. The predicted molar refractivity (Wildman–Crippen MR) is 83.2 cm³/mol. The molecule has 2 aromatic rings. The summed E-state index contributed by atoms with van der Waals surface area (Å²) in [5.74, 6) is -0.0327. The Kier molecular flexibility index (Phi) is 3.59. The number of rotatable bonds is 6. The van der Waals surface area contributed by atoms with E-state index < -0.39 is 0 Å². The molecule has 1 amide bonds. The van der Waals surface area contributed by atoms with E-state index in [4.69, 9.17) is 10.5 Å². The van der Waals surface area contributed by atoms with Crippen LogP contribution in [0.15, 0.2) is 24.4 Å². The second-order valence-electron chi connectivity index (χ2n) is 5.93. The molecule has 112 valence electrons. The van der Waals surface area contributed by atoms with Crippen molar-refractivity contribution in [1.29, 1.82) is 0 Å². The average Bonchev–Trinajstić information content (AvgIpc) is 3.14. The Balaban J connectivity index is 1.67. The molecule has 5 heteroatoms. The monoisotopic (exact) mass is 287 g/mol. The van der Waals surface area contributed by atoms with Crippen molar-refractivity contribution in [3.63, 3.8) is 0 Å². The third kappa shape index (κ3) is 2.88. The van der Waals surface area contributed by atoms with Gasteiger partial charge >= 0.3 is 0 Å². The summed E-state index contributed by atoms with van der Waals surface area (Å²) in [5.41, 5.74) is 8.25. The first kappa shape index (κ1) is 13.9. The van der Waals surface area contributed by atoms with Crippen LogP contribution >= 0.6 is 0 Å². The molecule has 1 aromatic heterocycles. The van der Waals surface area contributed by atoms with Crippen LogP contribution in [0.1, 0.15) is 29.6 Å². The van der Waals surface area contributed by atoms with E-state index in [1.165, 1.54) is 12.8 Å². The van der Waals surface area contributed by atoms with Gasteiger partial charge in [-0.3, -0.25) is 4.79 Å². The van der Waals surface area contributed by atoms with Crippen LogP contribution < -0.4 is 11.1 Å². The zero-order valence-electron chi connectivity index (χ0n) is 12.2. The number of hydrogen-bond acceptors (Lipinski definition) is 3. The maximum Gasteiger partial charge on any atom is 0.253 e. The Morgan fingerprint density at radius 2 is 2.29 bits per heavy atom. The van der Waals surface area contributed by atoms with E-state index >= 15 is 0 Å². The maximum atomic E-state index is 12.4. The molecule has 0 unspecified atom stereocenters. The number of benzene rings is 1. The number of amides is 1. The number of hydrogen-bond donors (Lipinski definition) is 3. The highest BCUT2D eigenvalue weighted by Crippen LogP contribution is 2.48. The van der Waals surface area contributed by atoms with Gasteiger partial charge in [-0.1, -0.05) is 0 Å². The summed E-state index contributed by atoms with van der Waals surface area (Å²) >= 11 is 0. The van der Waals surface area contributed by atoms with Crippen LogP contribution in [-0.2, 0) is 4.74 Å². The highest BCUT2D eigenvalue weighted by Gasteiger charge is 2.42. The molecular formula is C16H21N3O2. The molecule has 0 aliphatic heterocycles. The fourth-order valence-electron chi connectivity index (χ4n) is 2.71. The van der Waals surface area contributed by atoms with Gasteiger partial charge in [0.1, 0.15) is 0 Å². The van der Waals surface area contributed by atoms with Crippen LogP contribution in [0, 0.1) is 5.41 Å². The zero-order valence-corrected chi connectivity index (χ0v) is 12.2. The summed E-state index contributed by atoms with van der Waals surface area (Å²) in [7, 11) is 1.71. The molecule has 0 atom stereocenters. The minimum absolute atomic E-state index is 0.0327. The number of anilines is 1. The van der Waals surface area contributed by atoms with Crippen molar-refractivity contribution < 1.29 is 9.53 Å². The van der Waals surface area contributed by atoms with Crippen LogP contribution in [0.2, 0.25) is 0 Å². The molecule has 1 fully saturated rings. The number of aromatic amines is 1. The minimum Gasteiger partial charge on any atom is -0.399 e. The number of aromatic nitrogens is 1. The highest BCUT2D eigenvalue weighted by molar-refractivity contribution is 6.07. The number of nitrogen functional groups attached to an aromatic ring is 1. The van der Waals surface area contributed by atoms with E-state index in [0.717, 1.165) is 30.5 Å². The molecule has 1 saturated carbocycles. The van der Waals surface area contributed by atoms with Gasteiger partial charge in [-0.15, -0.1) is 0 Å². The molecule has 5 nitrogen and oxygen atoms in total. The third-order valence-corrected chi connectivity index (χ3v) is 4.37. The van der Waals surface area contributed by atoms with E-state index in [-0.39, 0.29) is 11.3 Å². The first-order valence-corrected chi connectivity index (χ1v) is 7.27. The number of H-pyrrole nitrogens is 1. The Morgan fingerprint density at radius 3 is 3.00 bits per heavy atom. The Labute approximate surface area is 123 Å². The molecule has 0 saturated heterocycles. The Hall–Kier alpha value is -2.01. The third-order valence-electron chi connectivity index (χ3n) is 4.37. The van der Waals surface area contributed by atoms with Crippen molar-refractivity contribution in [3.8, 4) is 0 Å². The van der Waals surface area contributed by atoms with E-state index in [9.17, 15) is 4.79 Å². The van der Waals surface area contributed by atoms with Crippen LogP contribution in [0.5, 0.6) is 0 Å². The van der Waals surface area contributed by atoms with Gasteiger partial charge in [-0.05, 0) is 42.9 Å². The predicted octanol–water partition coefficient (Wildman–Crippen LogP) is 2.30. The summed E-state index contributed by atoms with van der Waals surface area (Å²) < 4.78 is 5.14. The van der Waals surface area contributed by atoms with Gasteiger partial charge in [-0.25, -0.2) is 0 Å². The van der Waals surface area contributed by atoms with E-state index in [0.29, 0.717) is 11.3 Å². The highest BCUT2D eigenvalue weighted by atomic mass is 16.5. The first-order valence-electron chi connectivity index (χ1n) is 7.27. The summed E-state index contributed by atoms with van der Waals surface area (Å²) in [6, 6.07) is 5.54.